The molecule has 0 saturated heterocycles. The molecule has 0 spiro atoms. The molecular formula is C15H18N6O. The van der Waals surface area contributed by atoms with E-state index in [2.05, 4.69) is 25.5 Å². The number of H-pyrrole nitrogens is 1. The predicted octanol–water partition coefficient (Wildman–Crippen LogP) is 2.05. The van der Waals surface area contributed by atoms with Gasteiger partial charge in [0.1, 0.15) is 5.82 Å². The summed E-state index contributed by atoms with van der Waals surface area (Å²) in [6.45, 7) is 1.47. The molecule has 4 N–H and O–H groups in total. The van der Waals surface area contributed by atoms with E-state index in [0.29, 0.717) is 6.61 Å². The second kappa shape index (κ2) is 6.40. The van der Waals surface area contributed by atoms with E-state index in [-0.39, 0.29) is 5.95 Å². The number of nitrogens with two attached hydrogens (primary N) is 1. The quantitative estimate of drug-likeness (QED) is 0.602. The topological polar surface area (TPSA) is 102 Å². The van der Waals surface area contributed by atoms with Crippen LogP contribution < -0.4 is 11.1 Å². The molecule has 7 nitrogen and oxygen atoms in total. The average Bonchev–Trinajstić information content (AvgIpc) is 3.05. The Morgan fingerprint density at radius 2 is 2.18 bits per heavy atom. The fourth-order valence-electron chi connectivity index (χ4n) is 2.29. The summed E-state index contributed by atoms with van der Waals surface area (Å²) < 4.78 is 5.04. The standard InChI is InChI=1S/C15H18N6O/c1-22-8-2-6-17-14-11-4-3-10(12-5-7-18-21-12)9-13(11)19-15(16)20-14/h3-5,7,9H,2,6,8H2,1H3,(H,18,21)(H3,16,17,19,20). The van der Waals surface area contributed by atoms with Gasteiger partial charge in [-0.15, -0.1) is 0 Å². The van der Waals surface area contributed by atoms with Crippen molar-refractivity contribution in [3.05, 3.63) is 30.5 Å². The van der Waals surface area contributed by atoms with Crippen LogP contribution in [0.4, 0.5) is 11.8 Å². The largest absolute Gasteiger partial charge is 0.385 e. The maximum absolute atomic E-state index is 5.82. The Morgan fingerprint density at radius 1 is 1.27 bits per heavy atom. The van der Waals surface area contributed by atoms with Crippen LogP contribution >= 0.6 is 0 Å². The first-order valence-corrected chi connectivity index (χ1v) is 7.08. The van der Waals surface area contributed by atoms with Crippen LogP contribution in [-0.2, 0) is 4.74 Å². The molecule has 3 aromatic rings. The monoisotopic (exact) mass is 298 g/mol. The summed E-state index contributed by atoms with van der Waals surface area (Å²) in [4.78, 5) is 8.60. The van der Waals surface area contributed by atoms with Gasteiger partial charge in [0.05, 0.1) is 11.2 Å². The van der Waals surface area contributed by atoms with Crippen LogP contribution in [0.15, 0.2) is 30.5 Å². The first-order chi connectivity index (χ1) is 10.8. The van der Waals surface area contributed by atoms with Gasteiger partial charge in [0.25, 0.3) is 0 Å². The second-order valence-electron chi connectivity index (χ2n) is 4.91. The van der Waals surface area contributed by atoms with Gasteiger partial charge in [-0.3, -0.25) is 5.10 Å². The predicted molar refractivity (Wildman–Crippen MR) is 86.5 cm³/mol. The summed E-state index contributed by atoms with van der Waals surface area (Å²) in [6, 6.07) is 7.89. The third-order valence-corrected chi connectivity index (χ3v) is 3.34. The van der Waals surface area contributed by atoms with Crippen LogP contribution in [0.3, 0.4) is 0 Å². The zero-order valence-corrected chi connectivity index (χ0v) is 12.3. The number of nitrogens with zero attached hydrogens (tertiary/aromatic N) is 3. The lowest BCUT2D eigenvalue weighted by Crippen LogP contribution is -2.08. The lowest BCUT2D eigenvalue weighted by Gasteiger charge is -2.10. The number of benzene rings is 1. The molecule has 0 saturated carbocycles. The highest BCUT2D eigenvalue weighted by Crippen LogP contribution is 2.26. The first kappa shape index (κ1) is 14.3. The molecule has 7 heteroatoms. The molecule has 0 aliphatic heterocycles. The highest BCUT2D eigenvalue weighted by atomic mass is 16.5. The maximum Gasteiger partial charge on any atom is 0.222 e. The van der Waals surface area contributed by atoms with Crippen molar-refractivity contribution in [2.24, 2.45) is 0 Å². The Morgan fingerprint density at radius 3 is 2.95 bits per heavy atom. The molecule has 0 bridgehead atoms. The van der Waals surface area contributed by atoms with Gasteiger partial charge in [0.2, 0.25) is 5.95 Å². The van der Waals surface area contributed by atoms with Gasteiger partial charge in [-0.25, -0.2) is 4.98 Å². The van der Waals surface area contributed by atoms with Gasteiger partial charge in [0.15, 0.2) is 0 Å². The van der Waals surface area contributed by atoms with Gasteiger partial charge in [-0.2, -0.15) is 10.1 Å². The van der Waals surface area contributed by atoms with Gasteiger partial charge in [-0.05, 0) is 24.6 Å². The summed E-state index contributed by atoms with van der Waals surface area (Å²) in [5.74, 6) is 0.998. The molecule has 22 heavy (non-hydrogen) atoms. The van der Waals surface area contributed by atoms with Gasteiger partial charge in [0, 0.05) is 37.4 Å². The summed E-state index contributed by atoms with van der Waals surface area (Å²) in [6.07, 6.45) is 2.62. The number of fused-ring (bicyclic) bond motifs is 1. The molecule has 2 aromatic heterocycles. The number of nitrogen functional groups attached to an aromatic ring is 1. The van der Waals surface area contributed by atoms with E-state index in [4.69, 9.17) is 10.5 Å². The highest BCUT2D eigenvalue weighted by molar-refractivity contribution is 5.92. The van der Waals surface area contributed by atoms with E-state index in [0.717, 1.165) is 40.9 Å². The van der Waals surface area contributed by atoms with Crippen molar-refractivity contribution in [3.63, 3.8) is 0 Å². The molecule has 0 aliphatic carbocycles. The zero-order chi connectivity index (χ0) is 15.4. The van der Waals surface area contributed by atoms with Gasteiger partial charge < -0.3 is 15.8 Å². The minimum absolute atomic E-state index is 0.253. The molecule has 2 heterocycles. The van der Waals surface area contributed by atoms with E-state index >= 15 is 0 Å². The third-order valence-electron chi connectivity index (χ3n) is 3.34. The van der Waals surface area contributed by atoms with E-state index in [1.54, 1.807) is 13.3 Å². The first-order valence-electron chi connectivity index (χ1n) is 7.08. The Bertz CT molecular complexity index is 756. The average molecular weight is 298 g/mol. The van der Waals surface area contributed by atoms with Crippen molar-refractivity contribution in [1.82, 2.24) is 20.2 Å². The lowest BCUT2D eigenvalue weighted by atomic mass is 10.1. The van der Waals surface area contributed by atoms with E-state index in [1.807, 2.05) is 24.3 Å². The van der Waals surface area contributed by atoms with Gasteiger partial charge in [-0.1, -0.05) is 6.07 Å². The van der Waals surface area contributed by atoms with Crippen LogP contribution in [0.25, 0.3) is 22.2 Å². The van der Waals surface area contributed by atoms with E-state index < -0.39 is 0 Å². The SMILES string of the molecule is COCCCNc1nc(N)nc2cc(-c3ccn[nH]3)ccc12. The fourth-order valence-corrected chi connectivity index (χ4v) is 2.29. The Balaban J connectivity index is 1.92. The van der Waals surface area contributed by atoms with Crippen molar-refractivity contribution >= 4 is 22.7 Å². The number of hydrogen-bond acceptors (Lipinski definition) is 6. The summed E-state index contributed by atoms with van der Waals surface area (Å²) >= 11 is 0. The van der Waals surface area contributed by atoms with Gasteiger partial charge >= 0.3 is 0 Å². The van der Waals surface area contributed by atoms with Crippen LogP contribution in [-0.4, -0.2) is 40.4 Å². The summed E-state index contributed by atoms with van der Waals surface area (Å²) in [7, 11) is 1.69. The molecule has 0 amide bonds. The lowest BCUT2D eigenvalue weighted by molar-refractivity contribution is 0.198. The Hall–Kier alpha value is -2.67. The van der Waals surface area contributed by atoms with E-state index in [1.165, 1.54) is 0 Å². The highest BCUT2D eigenvalue weighted by Gasteiger charge is 2.08. The normalized spacial score (nSPS) is 11.0. The summed E-state index contributed by atoms with van der Waals surface area (Å²) in [5, 5.41) is 11.1. The molecule has 3 rings (SSSR count). The molecular weight excluding hydrogens is 280 g/mol. The van der Waals surface area contributed by atoms with Crippen molar-refractivity contribution in [1.29, 1.82) is 0 Å². The minimum Gasteiger partial charge on any atom is -0.385 e. The molecule has 0 fully saturated rings. The number of aromatic nitrogens is 4. The number of anilines is 2. The maximum atomic E-state index is 5.82. The fraction of sp³-hybridized carbons (Fsp3) is 0.267. The molecule has 0 unspecified atom stereocenters. The zero-order valence-electron chi connectivity index (χ0n) is 12.3. The van der Waals surface area contributed by atoms with Crippen molar-refractivity contribution < 1.29 is 4.74 Å². The van der Waals surface area contributed by atoms with Crippen LogP contribution in [0.2, 0.25) is 0 Å². The molecule has 1 aromatic carbocycles. The Labute approximate surface area is 127 Å². The number of hydrogen-bond donors (Lipinski definition) is 3. The number of methoxy groups -OCH3 is 1. The van der Waals surface area contributed by atoms with Crippen LogP contribution in [0.1, 0.15) is 6.42 Å². The number of rotatable bonds is 6. The molecule has 0 atom stereocenters. The molecule has 0 radical (unpaired) electrons. The second-order valence-corrected chi connectivity index (χ2v) is 4.91. The van der Waals surface area contributed by atoms with Crippen molar-refractivity contribution in [2.75, 3.05) is 31.3 Å². The minimum atomic E-state index is 0.253. The Kier molecular flexibility index (Phi) is 4.15. The third kappa shape index (κ3) is 2.99. The molecule has 114 valence electrons. The van der Waals surface area contributed by atoms with Crippen molar-refractivity contribution in [3.8, 4) is 11.3 Å². The number of ether oxygens (including phenoxy) is 1. The number of nitrogens with one attached hydrogen (secondary N) is 2. The summed E-state index contributed by atoms with van der Waals surface area (Å²) in [5.41, 5.74) is 8.56. The van der Waals surface area contributed by atoms with Crippen LogP contribution in [0.5, 0.6) is 0 Å². The van der Waals surface area contributed by atoms with Crippen molar-refractivity contribution in [2.45, 2.75) is 6.42 Å². The van der Waals surface area contributed by atoms with Crippen LogP contribution in [0, 0.1) is 0 Å². The number of aromatic amines is 1. The molecule has 0 aliphatic rings. The smallest absolute Gasteiger partial charge is 0.222 e. The van der Waals surface area contributed by atoms with E-state index in [9.17, 15) is 0 Å².